The molecular weight excluding hydrogens is 581 g/mol. The zero-order valence-corrected chi connectivity index (χ0v) is 25.8. The van der Waals surface area contributed by atoms with E-state index in [2.05, 4.69) is 10.6 Å². The van der Waals surface area contributed by atoms with Gasteiger partial charge in [0, 0.05) is 21.0 Å². The third-order valence-corrected chi connectivity index (χ3v) is 9.77. The molecule has 2 N–H and O–H groups in total. The number of anilines is 2. The summed E-state index contributed by atoms with van der Waals surface area (Å²) in [5.41, 5.74) is 3.40. The second kappa shape index (κ2) is 14.4. The number of thioether (sulfide) groups is 1. The summed E-state index contributed by atoms with van der Waals surface area (Å²) in [4.78, 5) is 41.8. The molecule has 0 spiro atoms. The van der Waals surface area contributed by atoms with Gasteiger partial charge in [0.25, 0.3) is 5.91 Å². The maximum Gasteiger partial charge on any atom is 0.341 e. The number of carbonyl (C=O) groups excluding carboxylic acids is 3. The number of fused-ring (bicyclic) bond motifs is 1. The summed E-state index contributed by atoms with van der Waals surface area (Å²) in [5, 5.41) is 5.97. The minimum Gasteiger partial charge on any atom is -0.497 e. The molecule has 1 heterocycles. The van der Waals surface area contributed by atoms with Gasteiger partial charge in [0.15, 0.2) is 0 Å². The molecular formula is C34H34N2O5S2. The van der Waals surface area contributed by atoms with E-state index in [4.69, 9.17) is 9.47 Å². The molecule has 1 aliphatic rings. The molecule has 4 aromatic rings. The summed E-state index contributed by atoms with van der Waals surface area (Å²) in [6.07, 6.45) is 6.06. The normalized spacial score (nSPS) is 13.5. The molecule has 3 aromatic carbocycles. The molecule has 0 saturated heterocycles. The van der Waals surface area contributed by atoms with Crippen molar-refractivity contribution in [2.75, 3.05) is 24.9 Å². The highest BCUT2D eigenvalue weighted by Crippen LogP contribution is 2.41. The van der Waals surface area contributed by atoms with E-state index >= 15 is 0 Å². The second-order valence-electron chi connectivity index (χ2n) is 10.2. The molecule has 0 radical (unpaired) electrons. The van der Waals surface area contributed by atoms with Crippen molar-refractivity contribution >= 4 is 51.6 Å². The Hall–Kier alpha value is -4.08. The van der Waals surface area contributed by atoms with Gasteiger partial charge in [-0.15, -0.1) is 23.1 Å². The summed E-state index contributed by atoms with van der Waals surface area (Å²) in [6.45, 7) is 0. The SMILES string of the molecule is COC(=O)c1c(NC(=O)C(Sc2cccc(NC(=O)c3cccc(OC)c3)c2)c2ccccc2)sc2c1CCCCCC2. The highest BCUT2D eigenvalue weighted by molar-refractivity contribution is 8.00. The topological polar surface area (TPSA) is 93.7 Å². The molecule has 222 valence electrons. The molecule has 43 heavy (non-hydrogen) atoms. The fourth-order valence-electron chi connectivity index (χ4n) is 5.15. The van der Waals surface area contributed by atoms with Gasteiger partial charge in [-0.1, -0.05) is 55.3 Å². The lowest BCUT2D eigenvalue weighted by Gasteiger charge is -2.18. The molecule has 7 nitrogen and oxygen atoms in total. The van der Waals surface area contributed by atoms with Crippen LogP contribution in [0.25, 0.3) is 0 Å². The smallest absolute Gasteiger partial charge is 0.341 e. The van der Waals surface area contributed by atoms with Crippen molar-refractivity contribution < 1.29 is 23.9 Å². The van der Waals surface area contributed by atoms with Crippen LogP contribution in [0.3, 0.4) is 0 Å². The van der Waals surface area contributed by atoms with Gasteiger partial charge in [0.1, 0.15) is 16.0 Å². The molecule has 1 aliphatic carbocycles. The number of benzene rings is 3. The Morgan fingerprint density at radius 3 is 2.37 bits per heavy atom. The van der Waals surface area contributed by atoms with Crippen LogP contribution in [0.1, 0.15) is 67.7 Å². The summed E-state index contributed by atoms with van der Waals surface area (Å²) < 4.78 is 10.4. The van der Waals surface area contributed by atoms with Gasteiger partial charge in [-0.2, -0.15) is 0 Å². The number of nitrogens with one attached hydrogen (secondary N) is 2. The zero-order valence-electron chi connectivity index (χ0n) is 24.2. The first kappa shape index (κ1) is 30.4. The van der Waals surface area contributed by atoms with E-state index in [0.717, 1.165) is 53.0 Å². The number of amides is 2. The molecule has 2 amide bonds. The van der Waals surface area contributed by atoms with E-state index < -0.39 is 11.2 Å². The first-order valence-corrected chi connectivity index (χ1v) is 16.0. The van der Waals surface area contributed by atoms with Crippen LogP contribution in [0, 0.1) is 0 Å². The molecule has 0 aliphatic heterocycles. The number of thiophene rings is 1. The predicted molar refractivity (Wildman–Crippen MR) is 173 cm³/mol. The van der Waals surface area contributed by atoms with Crippen molar-refractivity contribution in [1.82, 2.24) is 0 Å². The van der Waals surface area contributed by atoms with Crippen LogP contribution in [0.4, 0.5) is 10.7 Å². The fourth-order valence-corrected chi connectivity index (χ4v) is 7.52. The maximum absolute atomic E-state index is 14.0. The zero-order chi connectivity index (χ0) is 30.2. The number of aryl methyl sites for hydroxylation is 1. The number of rotatable bonds is 9. The highest BCUT2D eigenvalue weighted by Gasteiger charge is 2.29. The number of carbonyl (C=O) groups is 3. The molecule has 0 fully saturated rings. The van der Waals surface area contributed by atoms with Crippen LogP contribution in [0.15, 0.2) is 83.8 Å². The quantitative estimate of drug-likeness (QED) is 0.147. The first-order valence-electron chi connectivity index (χ1n) is 14.3. The number of ether oxygens (including phenoxy) is 2. The number of methoxy groups -OCH3 is 2. The molecule has 1 unspecified atom stereocenters. The Kier molecular flexibility index (Phi) is 10.2. The van der Waals surface area contributed by atoms with Gasteiger partial charge in [-0.25, -0.2) is 4.79 Å². The summed E-state index contributed by atoms with van der Waals surface area (Å²) in [5.74, 6) is -0.318. The fraction of sp³-hybridized carbons (Fsp3) is 0.265. The number of hydrogen-bond donors (Lipinski definition) is 2. The standard InChI is InChI=1S/C34H34N2O5S2/c1-40-25-16-10-14-23(20-25)31(37)35-24-15-11-17-26(21-24)42-30(22-12-6-5-7-13-22)32(38)36-33-29(34(39)41-2)27-18-8-3-4-9-19-28(27)43-33/h5-7,10-17,20-21,30H,3-4,8-9,18-19H2,1-2H3,(H,35,37)(H,36,38). The van der Waals surface area contributed by atoms with E-state index in [0.29, 0.717) is 27.6 Å². The van der Waals surface area contributed by atoms with Gasteiger partial charge < -0.3 is 20.1 Å². The molecule has 9 heteroatoms. The van der Waals surface area contributed by atoms with Gasteiger partial charge in [-0.05, 0) is 73.2 Å². The van der Waals surface area contributed by atoms with E-state index in [1.807, 2.05) is 54.6 Å². The van der Waals surface area contributed by atoms with Crippen molar-refractivity contribution in [3.05, 3.63) is 106 Å². The lowest BCUT2D eigenvalue weighted by Crippen LogP contribution is -2.20. The van der Waals surface area contributed by atoms with Crippen LogP contribution in [-0.2, 0) is 22.4 Å². The Morgan fingerprint density at radius 2 is 1.60 bits per heavy atom. The van der Waals surface area contributed by atoms with Gasteiger partial charge in [0.2, 0.25) is 5.91 Å². The lowest BCUT2D eigenvalue weighted by molar-refractivity contribution is -0.115. The van der Waals surface area contributed by atoms with Crippen LogP contribution in [0.2, 0.25) is 0 Å². The van der Waals surface area contributed by atoms with E-state index in [1.165, 1.54) is 36.6 Å². The molecule has 1 aromatic heterocycles. The van der Waals surface area contributed by atoms with Gasteiger partial charge in [0.05, 0.1) is 19.8 Å². The van der Waals surface area contributed by atoms with Crippen molar-refractivity contribution in [1.29, 1.82) is 0 Å². The van der Waals surface area contributed by atoms with Gasteiger partial charge in [-0.3, -0.25) is 9.59 Å². The first-order chi connectivity index (χ1) is 21.0. The van der Waals surface area contributed by atoms with Crippen molar-refractivity contribution in [2.24, 2.45) is 0 Å². The van der Waals surface area contributed by atoms with Crippen molar-refractivity contribution in [2.45, 2.75) is 48.7 Å². The Labute approximate surface area is 260 Å². The Morgan fingerprint density at radius 1 is 0.837 bits per heavy atom. The third kappa shape index (κ3) is 7.47. The van der Waals surface area contributed by atoms with E-state index in [-0.39, 0.29) is 11.8 Å². The predicted octanol–water partition coefficient (Wildman–Crippen LogP) is 7.93. The lowest BCUT2D eigenvalue weighted by atomic mass is 9.96. The average Bonchev–Trinajstić information content (AvgIpc) is 3.35. The summed E-state index contributed by atoms with van der Waals surface area (Å²) in [6, 6.07) is 23.9. The molecule has 5 rings (SSSR count). The van der Waals surface area contributed by atoms with Gasteiger partial charge >= 0.3 is 5.97 Å². The number of esters is 1. The summed E-state index contributed by atoms with van der Waals surface area (Å²) >= 11 is 2.87. The number of hydrogen-bond acceptors (Lipinski definition) is 7. The largest absolute Gasteiger partial charge is 0.497 e. The molecule has 0 bridgehead atoms. The van der Waals surface area contributed by atoms with Crippen molar-refractivity contribution in [3.8, 4) is 5.75 Å². The minimum absolute atomic E-state index is 0.235. The molecule has 1 atom stereocenters. The summed E-state index contributed by atoms with van der Waals surface area (Å²) in [7, 11) is 2.94. The minimum atomic E-state index is -0.610. The van der Waals surface area contributed by atoms with Crippen LogP contribution in [0.5, 0.6) is 5.75 Å². The van der Waals surface area contributed by atoms with Crippen LogP contribution >= 0.6 is 23.1 Å². The van der Waals surface area contributed by atoms with E-state index in [1.54, 1.807) is 31.4 Å². The van der Waals surface area contributed by atoms with Crippen LogP contribution < -0.4 is 15.4 Å². The monoisotopic (exact) mass is 614 g/mol. The maximum atomic E-state index is 14.0. The second-order valence-corrected chi connectivity index (χ2v) is 12.5. The Bertz CT molecular complexity index is 1600. The van der Waals surface area contributed by atoms with Crippen molar-refractivity contribution in [3.63, 3.8) is 0 Å². The van der Waals surface area contributed by atoms with Crippen LogP contribution in [-0.4, -0.2) is 32.0 Å². The van der Waals surface area contributed by atoms with E-state index in [9.17, 15) is 14.4 Å². The average molecular weight is 615 g/mol. The molecule has 0 saturated carbocycles. The third-order valence-electron chi connectivity index (χ3n) is 7.32. The Balaban J connectivity index is 1.40. The highest BCUT2D eigenvalue weighted by atomic mass is 32.2.